The molecule has 1 amide bonds. The minimum atomic E-state index is -0.309. The van der Waals surface area contributed by atoms with Crippen molar-refractivity contribution in [2.24, 2.45) is 0 Å². The number of aromatic amines is 1. The molecular formula is C17H21N5O2S. The lowest BCUT2D eigenvalue weighted by molar-refractivity contribution is -0.116. The van der Waals surface area contributed by atoms with E-state index >= 15 is 0 Å². The van der Waals surface area contributed by atoms with Crippen molar-refractivity contribution in [1.82, 2.24) is 20.6 Å². The molecule has 2 atom stereocenters. The van der Waals surface area contributed by atoms with Gasteiger partial charge in [0.25, 0.3) is 5.91 Å². The number of fused-ring (bicyclic) bond motifs is 1. The van der Waals surface area contributed by atoms with Crippen molar-refractivity contribution in [1.29, 1.82) is 0 Å². The first-order valence-corrected chi connectivity index (χ1v) is 9.42. The maximum atomic E-state index is 12.5. The molecule has 4 N–H and O–H groups in total. The molecule has 4 heterocycles. The van der Waals surface area contributed by atoms with Crippen molar-refractivity contribution in [3.63, 3.8) is 0 Å². The van der Waals surface area contributed by atoms with E-state index in [1.54, 1.807) is 18.0 Å². The van der Waals surface area contributed by atoms with Crippen LogP contribution in [0.2, 0.25) is 0 Å². The summed E-state index contributed by atoms with van der Waals surface area (Å²) in [6.45, 7) is 1.98. The number of nitrogens with zero attached hydrogens (tertiary/aromatic N) is 2. The first kappa shape index (κ1) is 16.4. The van der Waals surface area contributed by atoms with E-state index in [1.807, 2.05) is 24.5 Å². The molecule has 8 heteroatoms. The summed E-state index contributed by atoms with van der Waals surface area (Å²) in [5, 5.41) is 16.8. The van der Waals surface area contributed by atoms with Crippen molar-refractivity contribution >= 4 is 34.4 Å². The lowest BCUT2D eigenvalue weighted by Gasteiger charge is -2.26. The number of aliphatic hydroxyl groups is 1. The molecule has 1 fully saturated rings. The molecule has 0 radical (unpaired) electrons. The fourth-order valence-corrected chi connectivity index (χ4v) is 4.18. The van der Waals surface area contributed by atoms with E-state index < -0.39 is 0 Å². The third kappa shape index (κ3) is 3.51. The van der Waals surface area contributed by atoms with Crippen LogP contribution < -0.4 is 15.5 Å². The minimum absolute atomic E-state index is 0.0581. The van der Waals surface area contributed by atoms with Gasteiger partial charge in [0.05, 0.1) is 16.7 Å². The molecule has 2 aromatic heterocycles. The van der Waals surface area contributed by atoms with Gasteiger partial charge in [0.1, 0.15) is 5.65 Å². The van der Waals surface area contributed by atoms with E-state index in [1.165, 1.54) is 0 Å². The van der Waals surface area contributed by atoms with E-state index in [4.69, 9.17) is 0 Å². The molecule has 132 valence electrons. The molecule has 2 aliphatic heterocycles. The first-order chi connectivity index (χ1) is 12.2. The molecule has 0 unspecified atom stereocenters. The highest BCUT2D eigenvalue weighted by molar-refractivity contribution is 8.04. The summed E-state index contributed by atoms with van der Waals surface area (Å²) < 4.78 is 0. The number of H-pyrrole nitrogens is 1. The molecule has 25 heavy (non-hydrogen) atoms. The number of carbonyl (C=O) groups excluding carboxylic acids is 1. The number of nitrogens with one attached hydrogen (secondary N) is 3. The van der Waals surface area contributed by atoms with E-state index in [9.17, 15) is 9.90 Å². The summed E-state index contributed by atoms with van der Waals surface area (Å²) >= 11 is 1.57. The molecule has 0 bridgehead atoms. The zero-order valence-corrected chi connectivity index (χ0v) is 14.6. The van der Waals surface area contributed by atoms with Crippen LogP contribution in [0.3, 0.4) is 0 Å². The number of β-amino-alcohol motifs (C(OH)–C–C–N with tert-alkyl or cyclic N) is 1. The number of hydrogen-bond donors (Lipinski definition) is 4. The van der Waals surface area contributed by atoms with Crippen LogP contribution in [-0.4, -0.2) is 58.5 Å². The van der Waals surface area contributed by atoms with Crippen molar-refractivity contribution in [3.05, 3.63) is 35.6 Å². The number of pyridine rings is 1. The molecule has 7 nitrogen and oxygen atoms in total. The Hall–Kier alpha value is -2.03. The Morgan fingerprint density at radius 2 is 2.40 bits per heavy atom. The summed E-state index contributed by atoms with van der Waals surface area (Å²) in [6.07, 6.45) is 5.94. The topological polar surface area (TPSA) is 93.3 Å². The molecule has 4 rings (SSSR count). The second-order valence-electron chi connectivity index (χ2n) is 6.31. The van der Waals surface area contributed by atoms with Crippen LogP contribution in [0, 0.1) is 0 Å². The van der Waals surface area contributed by atoms with Gasteiger partial charge in [0, 0.05) is 55.4 Å². The number of amides is 1. The zero-order chi connectivity index (χ0) is 17.2. The largest absolute Gasteiger partial charge is 0.392 e. The number of carbonyl (C=O) groups is 1. The van der Waals surface area contributed by atoms with Gasteiger partial charge in [0.2, 0.25) is 0 Å². The van der Waals surface area contributed by atoms with E-state index in [0.29, 0.717) is 24.4 Å². The Labute approximate surface area is 149 Å². The number of aromatic nitrogens is 2. The van der Waals surface area contributed by atoms with Gasteiger partial charge in [-0.3, -0.25) is 4.79 Å². The van der Waals surface area contributed by atoms with Crippen molar-refractivity contribution in [3.8, 4) is 0 Å². The highest BCUT2D eigenvalue weighted by Crippen LogP contribution is 2.30. The Kier molecular flexibility index (Phi) is 4.65. The highest BCUT2D eigenvalue weighted by Gasteiger charge is 2.24. The van der Waals surface area contributed by atoms with Crippen LogP contribution in [0.15, 0.2) is 35.6 Å². The van der Waals surface area contributed by atoms with Crippen LogP contribution in [-0.2, 0) is 4.79 Å². The van der Waals surface area contributed by atoms with Gasteiger partial charge < -0.3 is 25.6 Å². The summed E-state index contributed by atoms with van der Waals surface area (Å²) in [5.74, 6) is 0.797. The van der Waals surface area contributed by atoms with Gasteiger partial charge in [-0.2, -0.15) is 0 Å². The number of aliphatic hydroxyl groups excluding tert-OH is 1. The van der Waals surface area contributed by atoms with Crippen LogP contribution >= 0.6 is 11.8 Å². The predicted molar refractivity (Wildman–Crippen MR) is 99.4 cm³/mol. The molecule has 0 aromatic carbocycles. The van der Waals surface area contributed by atoms with Gasteiger partial charge in [0.15, 0.2) is 0 Å². The van der Waals surface area contributed by atoms with Crippen molar-refractivity contribution in [2.75, 3.05) is 30.3 Å². The Bertz CT molecular complexity index is 805. The Balaban J connectivity index is 1.46. The average Bonchev–Trinajstić information content (AvgIpc) is 3.28. The predicted octanol–water partition coefficient (Wildman–Crippen LogP) is 0.797. The fourth-order valence-electron chi connectivity index (χ4n) is 3.26. The van der Waals surface area contributed by atoms with Gasteiger partial charge in [-0.1, -0.05) is 0 Å². The molecule has 1 saturated heterocycles. The Morgan fingerprint density at radius 1 is 1.48 bits per heavy atom. The van der Waals surface area contributed by atoms with Gasteiger partial charge in [-0.05, 0) is 18.6 Å². The van der Waals surface area contributed by atoms with E-state index in [2.05, 4.69) is 25.5 Å². The van der Waals surface area contributed by atoms with Gasteiger partial charge in [-0.15, -0.1) is 11.8 Å². The van der Waals surface area contributed by atoms with Gasteiger partial charge >= 0.3 is 0 Å². The molecular weight excluding hydrogens is 338 g/mol. The minimum Gasteiger partial charge on any atom is -0.392 e. The van der Waals surface area contributed by atoms with Crippen molar-refractivity contribution in [2.45, 2.75) is 18.6 Å². The zero-order valence-electron chi connectivity index (χ0n) is 13.7. The van der Waals surface area contributed by atoms with E-state index in [0.717, 1.165) is 29.0 Å². The standard InChI is InChI=1S/C17H21N5O2S/c23-12-7-11(20-9-12)8-21-17(24)15-10-22(5-6-25-15)14-2-4-19-16-13(14)1-3-18-16/h1-4,10-12,20,23H,5-9H2,(H,18,19)(H,21,24)/t11-,12-/m1/s1. The number of rotatable bonds is 4. The second-order valence-corrected chi connectivity index (χ2v) is 7.45. The summed E-state index contributed by atoms with van der Waals surface area (Å²) in [4.78, 5) is 22.7. The Morgan fingerprint density at radius 3 is 3.24 bits per heavy atom. The highest BCUT2D eigenvalue weighted by atomic mass is 32.2. The maximum Gasteiger partial charge on any atom is 0.259 e. The smallest absolute Gasteiger partial charge is 0.259 e. The molecule has 2 aliphatic rings. The van der Waals surface area contributed by atoms with Crippen molar-refractivity contribution < 1.29 is 9.90 Å². The third-order valence-electron chi connectivity index (χ3n) is 4.54. The fraction of sp³-hybridized carbons (Fsp3) is 0.412. The van der Waals surface area contributed by atoms with E-state index in [-0.39, 0.29) is 18.1 Å². The second kappa shape index (κ2) is 7.07. The van der Waals surface area contributed by atoms with Gasteiger partial charge in [-0.25, -0.2) is 4.98 Å². The monoisotopic (exact) mass is 359 g/mol. The van der Waals surface area contributed by atoms with Crippen LogP contribution in [0.5, 0.6) is 0 Å². The molecule has 0 spiro atoms. The van der Waals surface area contributed by atoms with Crippen LogP contribution in [0.25, 0.3) is 11.0 Å². The number of anilines is 1. The summed E-state index contributed by atoms with van der Waals surface area (Å²) in [6, 6.07) is 4.12. The van der Waals surface area contributed by atoms with Crippen LogP contribution in [0.4, 0.5) is 5.69 Å². The number of hydrogen-bond acceptors (Lipinski definition) is 6. The average molecular weight is 359 g/mol. The first-order valence-electron chi connectivity index (χ1n) is 8.44. The molecule has 2 aromatic rings. The molecule has 0 aliphatic carbocycles. The quantitative estimate of drug-likeness (QED) is 0.645. The summed E-state index contributed by atoms with van der Waals surface area (Å²) in [5.41, 5.74) is 1.90. The normalized spacial score (nSPS) is 23.7. The number of thioether (sulfide) groups is 1. The van der Waals surface area contributed by atoms with Crippen LogP contribution in [0.1, 0.15) is 6.42 Å². The summed E-state index contributed by atoms with van der Waals surface area (Å²) in [7, 11) is 0. The lowest BCUT2D eigenvalue weighted by atomic mass is 10.2. The lowest BCUT2D eigenvalue weighted by Crippen LogP contribution is -2.38. The maximum absolute atomic E-state index is 12.5. The SMILES string of the molecule is O=C(NC[C@H]1C[C@@H](O)CN1)C1=CN(c2ccnc3[nH]ccc23)CCS1. The molecule has 0 saturated carbocycles. The third-order valence-corrected chi connectivity index (χ3v) is 5.53.